The standard InChI is InChI=1S/C14H14F2N4O4/c1-8-12(13(23)17-7-6-11(21)22)18-19-20(8)9-2-4-10(5-3-9)24-14(15)16/h2-5,14H,6-7H2,1H3,(H,17,23)(H,21,22). The molecule has 0 saturated heterocycles. The van der Waals surface area contributed by atoms with Crippen LogP contribution in [-0.4, -0.2) is 45.1 Å². The predicted octanol–water partition coefficient (Wildman–Crippen LogP) is 1.38. The van der Waals surface area contributed by atoms with Crippen LogP contribution in [0, 0.1) is 6.92 Å². The molecule has 2 rings (SSSR count). The molecule has 0 saturated carbocycles. The third kappa shape index (κ3) is 4.24. The van der Waals surface area contributed by atoms with E-state index in [2.05, 4.69) is 20.4 Å². The first-order valence-electron chi connectivity index (χ1n) is 6.86. The lowest BCUT2D eigenvalue weighted by atomic mass is 10.2. The summed E-state index contributed by atoms with van der Waals surface area (Å²) in [6.45, 7) is -1.33. The third-order valence-corrected chi connectivity index (χ3v) is 3.04. The van der Waals surface area contributed by atoms with E-state index in [1.165, 1.54) is 28.9 Å². The van der Waals surface area contributed by atoms with E-state index in [4.69, 9.17) is 5.11 Å². The average molecular weight is 340 g/mol. The summed E-state index contributed by atoms with van der Waals surface area (Å²) < 4.78 is 29.9. The van der Waals surface area contributed by atoms with Gasteiger partial charge in [-0.3, -0.25) is 9.59 Å². The summed E-state index contributed by atoms with van der Waals surface area (Å²) in [5.74, 6) is -1.57. The number of hydrogen-bond acceptors (Lipinski definition) is 5. The van der Waals surface area contributed by atoms with Crippen molar-refractivity contribution >= 4 is 11.9 Å². The van der Waals surface area contributed by atoms with Gasteiger partial charge in [-0.25, -0.2) is 4.68 Å². The van der Waals surface area contributed by atoms with Gasteiger partial charge in [-0.15, -0.1) is 5.10 Å². The van der Waals surface area contributed by atoms with E-state index >= 15 is 0 Å². The molecule has 0 bridgehead atoms. The summed E-state index contributed by atoms with van der Waals surface area (Å²) in [4.78, 5) is 22.4. The summed E-state index contributed by atoms with van der Waals surface area (Å²) in [6, 6.07) is 5.67. The molecule has 8 nitrogen and oxygen atoms in total. The fourth-order valence-corrected chi connectivity index (χ4v) is 1.92. The SMILES string of the molecule is Cc1c(C(=O)NCCC(=O)O)nnn1-c1ccc(OC(F)F)cc1. The molecular weight excluding hydrogens is 326 g/mol. The zero-order chi connectivity index (χ0) is 17.7. The number of hydrogen-bond donors (Lipinski definition) is 2. The Balaban J connectivity index is 2.11. The molecule has 2 aromatic rings. The maximum absolute atomic E-state index is 12.1. The van der Waals surface area contributed by atoms with Crippen LogP contribution < -0.4 is 10.1 Å². The van der Waals surface area contributed by atoms with Gasteiger partial charge in [0.05, 0.1) is 17.8 Å². The molecule has 0 aliphatic carbocycles. The molecule has 1 aromatic carbocycles. The Morgan fingerprint density at radius 2 is 2.00 bits per heavy atom. The second kappa shape index (κ2) is 7.49. The number of aromatic nitrogens is 3. The number of aliphatic carboxylic acids is 1. The smallest absolute Gasteiger partial charge is 0.387 e. The quantitative estimate of drug-likeness (QED) is 0.789. The number of alkyl halides is 2. The molecule has 1 aromatic heterocycles. The van der Waals surface area contributed by atoms with Gasteiger partial charge in [-0.05, 0) is 31.2 Å². The number of ether oxygens (including phenoxy) is 1. The summed E-state index contributed by atoms with van der Waals surface area (Å²) in [5, 5.41) is 18.6. The summed E-state index contributed by atoms with van der Waals surface area (Å²) >= 11 is 0. The Bertz CT molecular complexity index is 731. The summed E-state index contributed by atoms with van der Waals surface area (Å²) in [5.41, 5.74) is 0.977. The van der Waals surface area contributed by atoms with Crippen LogP contribution in [0.25, 0.3) is 5.69 Å². The van der Waals surface area contributed by atoms with Gasteiger partial charge in [0.2, 0.25) is 0 Å². The third-order valence-electron chi connectivity index (χ3n) is 3.04. The van der Waals surface area contributed by atoms with Gasteiger partial charge in [-0.2, -0.15) is 8.78 Å². The summed E-state index contributed by atoms with van der Waals surface area (Å²) in [7, 11) is 0. The number of halogens is 2. The maximum Gasteiger partial charge on any atom is 0.387 e. The Labute approximate surface area is 135 Å². The molecule has 0 spiro atoms. The minimum Gasteiger partial charge on any atom is -0.481 e. The first-order valence-corrected chi connectivity index (χ1v) is 6.86. The van der Waals surface area contributed by atoms with Crippen LogP contribution in [0.3, 0.4) is 0 Å². The number of carbonyl (C=O) groups is 2. The van der Waals surface area contributed by atoms with Crippen molar-refractivity contribution in [3.05, 3.63) is 35.7 Å². The molecule has 0 unspecified atom stereocenters. The number of carbonyl (C=O) groups excluding carboxylic acids is 1. The Hall–Kier alpha value is -3.04. The lowest BCUT2D eigenvalue weighted by Crippen LogP contribution is -2.27. The van der Waals surface area contributed by atoms with Crippen molar-refractivity contribution in [2.24, 2.45) is 0 Å². The number of rotatable bonds is 7. The van der Waals surface area contributed by atoms with Crippen molar-refractivity contribution in [3.8, 4) is 11.4 Å². The Morgan fingerprint density at radius 3 is 2.58 bits per heavy atom. The molecule has 2 N–H and O–H groups in total. The average Bonchev–Trinajstić information content (AvgIpc) is 2.89. The Morgan fingerprint density at radius 1 is 1.33 bits per heavy atom. The highest BCUT2D eigenvalue weighted by atomic mass is 19.3. The molecule has 0 radical (unpaired) electrons. The minimum atomic E-state index is -2.91. The molecule has 128 valence electrons. The van der Waals surface area contributed by atoms with E-state index in [1.54, 1.807) is 6.92 Å². The molecule has 0 atom stereocenters. The van der Waals surface area contributed by atoms with Gasteiger partial charge in [0.1, 0.15) is 5.75 Å². The fraction of sp³-hybridized carbons (Fsp3) is 0.286. The minimum absolute atomic E-state index is 0.00171. The zero-order valence-corrected chi connectivity index (χ0v) is 12.6. The van der Waals surface area contributed by atoms with Gasteiger partial charge < -0.3 is 15.2 Å². The molecule has 1 amide bonds. The number of carboxylic acids is 1. The van der Waals surface area contributed by atoms with Gasteiger partial charge in [0.15, 0.2) is 5.69 Å². The van der Waals surface area contributed by atoms with Crippen LogP contribution in [0.2, 0.25) is 0 Å². The van der Waals surface area contributed by atoms with Crippen molar-refractivity contribution in [3.63, 3.8) is 0 Å². The Kier molecular flexibility index (Phi) is 5.40. The number of amides is 1. The van der Waals surface area contributed by atoms with Gasteiger partial charge >= 0.3 is 12.6 Å². The molecule has 0 aliphatic heterocycles. The largest absolute Gasteiger partial charge is 0.481 e. The molecule has 10 heteroatoms. The first-order chi connectivity index (χ1) is 11.4. The van der Waals surface area contributed by atoms with Crippen molar-refractivity contribution in [1.82, 2.24) is 20.3 Å². The van der Waals surface area contributed by atoms with Crippen LogP contribution in [-0.2, 0) is 4.79 Å². The fourth-order valence-electron chi connectivity index (χ4n) is 1.92. The van der Waals surface area contributed by atoms with E-state index in [-0.39, 0.29) is 24.4 Å². The number of carboxylic acid groups (broad SMARTS) is 1. The molecule has 0 fully saturated rings. The zero-order valence-electron chi connectivity index (χ0n) is 12.6. The topological polar surface area (TPSA) is 106 Å². The number of nitrogens with zero attached hydrogens (tertiary/aromatic N) is 3. The molecule has 0 aliphatic rings. The van der Waals surface area contributed by atoms with Crippen LogP contribution in [0.4, 0.5) is 8.78 Å². The van der Waals surface area contributed by atoms with Crippen molar-refractivity contribution in [1.29, 1.82) is 0 Å². The summed E-state index contributed by atoms with van der Waals surface area (Å²) in [6.07, 6.45) is -0.204. The number of nitrogens with one attached hydrogen (secondary N) is 1. The molecular formula is C14H14F2N4O4. The normalized spacial score (nSPS) is 10.7. The number of benzene rings is 1. The maximum atomic E-state index is 12.1. The van der Waals surface area contributed by atoms with Gasteiger partial charge in [0.25, 0.3) is 5.91 Å². The second-order valence-corrected chi connectivity index (χ2v) is 4.71. The molecule has 24 heavy (non-hydrogen) atoms. The van der Waals surface area contributed by atoms with Gasteiger partial charge in [-0.1, -0.05) is 5.21 Å². The molecule has 1 heterocycles. The second-order valence-electron chi connectivity index (χ2n) is 4.71. The lowest BCUT2D eigenvalue weighted by Gasteiger charge is -2.07. The van der Waals surface area contributed by atoms with Crippen LogP contribution in [0.5, 0.6) is 5.75 Å². The van der Waals surface area contributed by atoms with Gasteiger partial charge in [0, 0.05) is 6.54 Å². The highest BCUT2D eigenvalue weighted by Crippen LogP contribution is 2.18. The van der Waals surface area contributed by atoms with E-state index in [9.17, 15) is 18.4 Å². The van der Waals surface area contributed by atoms with Crippen molar-refractivity contribution < 1.29 is 28.2 Å². The highest BCUT2D eigenvalue weighted by molar-refractivity contribution is 5.93. The van der Waals surface area contributed by atoms with E-state index in [0.717, 1.165) is 0 Å². The van der Waals surface area contributed by atoms with Crippen LogP contribution in [0.1, 0.15) is 22.6 Å². The first kappa shape index (κ1) is 17.3. The lowest BCUT2D eigenvalue weighted by molar-refractivity contribution is -0.136. The van der Waals surface area contributed by atoms with E-state index < -0.39 is 18.5 Å². The van der Waals surface area contributed by atoms with Crippen LogP contribution in [0.15, 0.2) is 24.3 Å². The highest BCUT2D eigenvalue weighted by Gasteiger charge is 2.17. The van der Waals surface area contributed by atoms with Crippen LogP contribution >= 0.6 is 0 Å². The van der Waals surface area contributed by atoms with Crippen molar-refractivity contribution in [2.45, 2.75) is 20.0 Å². The van der Waals surface area contributed by atoms with Crippen molar-refractivity contribution in [2.75, 3.05) is 6.54 Å². The monoisotopic (exact) mass is 340 g/mol. The van der Waals surface area contributed by atoms with E-state index in [1.807, 2.05) is 0 Å². The van der Waals surface area contributed by atoms with E-state index in [0.29, 0.717) is 11.4 Å². The predicted molar refractivity (Wildman–Crippen MR) is 77.3 cm³/mol.